The average Bonchev–Trinajstić information content (AvgIpc) is 2.46. The molecular weight excluding hydrogens is 236 g/mol. The number of carbonyl (C=O) groups excluding carboxylic acids is 1. The van der Waals surface area contributed by atoms with Crippen LogP contribution in [0.15, 0.2) is 42.5 Å². The lowest BCUT2D eigenvalue weighted by Gasteiger charge is -2.09. The highest BCUT2D eigenvalue weighted by atomic mass is 16.5. The van der Waals surface area contributed by atoms with Gasteiger partial charge in [-0.1, -0.05) is 42.8 Å². The third kappa shape index (κ3) is 2.84. The SMILES string of the molecule is CCc1ccc(OC)c(C(=O)c2ccc(C)cc2)c1. The van der Waals surface area contributed by atoms with Gasteiger partial charge < -0.3 is 4.74 Å². The van der Waals surface area contributed by atoms with Gasteiger partial charge in [0.15, 0.2) is 5.78 Å². The summed E-state index contributed by atoms with van der Waals surface area (Å²) >= 11 is 0. The van der Waals surface area contributed by atoms with Crippen LogP contribution in [0.25, 0.3) is 0 Å². The Labute approximate surface area is 114 Å². The first kappa shape index (κ1) is 13.3. The van der Waals surface area contributed by atoms with Crippen LogP contribution < -0.4 is 4.74 Å². The van der Waals surface area contributed by atoms with E-state index in [2.05, 4.69) is 6.92 Å². The third-order valence-corrected chi connectivity index (χ3v) is 3.23. The first-order valence-corrected chi connectivity index (χ1v) is 6.44. The molecule has 2 rings (SSSR count). The molecule has 0 fully saturated rings. The molecule has 2 aromatic carbocycles. The Morgan fingerprint density at radius 1 is 1.11 bits per heavy atom. The number of rotatable bonds is 4. The molecule has 19 heavy (non-hydrogen) atoms. The van der Waals surface area contributed by atoms with Crippen LogP contribution in [-0.2, 0) is 6.42 Å². The second-order valence-electron chi connectivity index (χ2n) is 4.58. The summed E-state index contributed by atoms with van der Waals surface area (Å²) in [6.07, 6.45) is 0.901. The van der Waals surface area contributed by atoms with Crippen molar-refractivity contribution in [3.8, 4) is 5.75 Å². The van der Waals surface area contributed by atoms with E-state index >= 15 is 0 Å². The fourth-order valence-electron chi connectivity index (χ4n) is 2.01. The Hall–Kier alpha value is -2.09. The molecule has 0 aromatic heterocycles. The third-order valence-electron chi connectivity index (χ3n) is 3.23. The highest BCUT2D eigenvalue weighted by Gasteiger charge is 2.14. The molecule has 0 amide bonds. The molecule has 0 aliphatic carbocycles. The number of carbonyl (C=O) groups is 1. The molecule has 0 atom stereocenters. The fourth-order valence-corrected chi connectivity index (χ4v) is 2.01. The largest absolute Gasteiger partial charge is 0.496 e. The van der Waals surface area contributed by atoms with Crippen LogP contribution in [0.1, 0.15) is 34.0 Å². The number of benzene rings is 2. The Morgan fingerprint density at radius 2 is 1.79 bits per heavy atom. The lowest BCUT2D eigenvalue weighted by molar-refractivity contribution is 0.103. The molecule has 2 aromatic rings. The summed E-state index contributed by atoms with van der Waals surface area (Å²) in [4.78, 5) is 12.5. The lowest BCUT2D eigenvalue weighted by atomic mass is 9.99. The minimum absolute atomic E-state index is 0.00662. The molecule has 0 saturated carbocycles. The van der Waals surface area contributed by atoms with E-state index in [1.165, 1.54) is 0 Å². The van der Waals surface area contributed by atoms with Crippen molar-refractivity contribution in [1.82, 2.24) is 0 Å². The normalized spacial score (nSPS) is 10.3. The Morgan fingerprint density at radius 3 is 2.37 bits per heavy atom. The van der Waals surface area contributed by atoms with Crippen molar-refractivity contribution >= 4 is 5.78 Å². The van der Waals surface area contributed by atoms with Gasteiger partial charge in [-0.05, 0) is 31.0 Å². The van der Waals surface area contributed by atoms with E-state index in [1.54, 1.807) is 7.11 Å². The summed E-state index contributed by atoms with van der Waals surface area (Å²) in [5.74, 6) is 0.634. The number of methoxy groups -OCH3 is 1. The maximum Gasteiger partial charge on any atom is 0.196 e. The summed E-state index contributed by atoms with van der Waals surface area (Å²) in [6.45, 7) is 4.08. The van der Waals surface area contributed by atoms with Gasteiger partial charge in [0.1, 0.15) is 5.75 Å². The highest BCUT2D eigenvalue weighted by molar-refractivity contribution is 6.10. The quantitative estimate of drug-likeness (QED) is 0.776. The molecule has 0 radical (unpaired) electrons. The fraction of sp³-hybridized carbons (Fsp3) is 0.235. The van der Waals surface area contributed by atoms with Crippen molar-refractivity contribution in [2.45, 2.75) is 20.3 Å². The van der Waals surface area contributed by atoms with E-state index in [9.17, 15) is 4.79 Å². The standard InChI is InChI=1S/C17H18O2/c1-4-13-7-10-16(19-3)15(11-13)17(18)14-8-5-12(2)6-9-14/h5-11H,4H2,1-3H3. The summed E-state index contributed by atoms with van der Waals surface area (Å²) in [5, 5.41) is 0. The van der Waals surface area contributed by atoms with Crippen molar-refractivity contribution in [2.24, 2.45) is 0 Å². The molecule has 0 N–H and O–H groups in total. The summed E-state index contributed by atoms with van der Waals surface area (Å²) in [6, 6.07) is 13.4. The first-order valence-electron chi connectivity index (χ1n) is 6.44. The van der Waals surface area contributed by atoms with E-state index < -0.39 is 0 Å². The van der Waals surface area contributed by atoms with Crippen LogP contribution in [0.2, 0.25) is 0 Å². The molecule has 0 saturated heterocycles. The molecule has 0 aliphatic heterocycles. The molecule has 2 heteroatoms. The minimum atomic E-state index is 0.00662. The molecule has 0 unspecified atom stereocenters. The van der Waals surface area contributed by atoms with Gasteiger partial charge in [0.05, 0.1) is 12.7 Å². The van der Waals surface area contributed by atoms with Gasteiger partial charge in [0, 0.05) is 5.56 Å². The number of aryl methyl sites for hydroxylation is 2. The molecule has 0 aliphatic rings. The van der Waals surface area contributed by atoms with Crippen molar-refractivity contribution in [3.63, 3.8) is 0 Å². The van der Waals surface area contributed by atoms with E-state index in [0.717, 1.165) is 17.5 Å². The molecule has 2 nitrogen and oxygen atoms in total. The van der Waals surface area contributed by atoms with Crippen LogP contribution in [-0.4, -0.2) is 12.9 Å². The van der Waals surface area contributed by atoms with E-state index in [1.807, 2.05) is 49.4 Å². The van der Waals surface area contributed by atoms with E-state index in [-0.39, 0.29) is 5.78 Å². The number of hydrogen-bond donors (Lipinski definition) is 0. The van der Waals surface area contributed by atoms with Crippen molar-refractivity contribution in [3.05, 3.63) is 64.7 Å². The lowest BCUT2D eigenvalue weighted by Crippen LogP contribution is -2.05. The van der Waals surface area contributed by atoms with E-state index in [4.69, 9.17) is 4.74 Å². The van der Waals surface area contributed by atoms with Crippen LogP contribution in [0, 0.1) is 6.92 Å². The maximum absolute atomic E-state index is 12.5. The van der Waals surface area contributed by atoms with E-state index in [0.29, 0.717) is 16.9 Å². The molecule has 0 heterocycles. The van der Waals surface area contributed by atoms with Crippen molar-refractivity contribution in [2.75, 3.05) is 7.11 Å². The summed E-state index contributed by atoms with van der Waals surface area (Å²) in [7, 11) is 1.59. The number of ether oxygens (including phenoxy) is 1. The first-order chi connectivity index (χ1) is 9.15. The zero-order chi connectivity index (χ0) is 13.8. The predicted octanol–water partition coefficient (Wildman–Crippen LogP) is 3.80. The van der Waals surface area contributed by atoms with Crippen LogP contribution in [0.4, 0.5) is 0 Å². The predicted molar refractivity (Wildman–Crippen MR) is 77.0 cm³/mol. The Balaban J connectivity index is 2.44. The van der Waals surface area contributed by atoms with Crippen molar-refractivity contribution in [1.29, 1.82) is 0 Å². The molecular formula is C17H18O2. The van der Waals surface area contributed by atoms with Gasteiger partial charge in [-0.15, -0.1) is 0 Å². The second-order valence-corrected chi connectivity index (χ2v) is 4.58. The van der Waals surface area contributed by atoms with Crippen molar-refractivity contribution < 1.29 is 9.53 Å². The smallest absolute Gasteiger partial charge is 0.196 e. The van der Waals surface area contributed by atoms with Gasteiger partial charge in [-0.25, -0.2) is 0 Å². The zero-order valence-electron chi connectivity index (χ0n) is 11.6. The summed E-state index contributed by atoms with van der Waals surface area (Å²) < 4.78 is 5.29. The minimum Gasteiger partial charge on any atom is -0.496 e. The maximum atomic E-state index is 12.5. The van der Waals surface area contributed by atoms with Crippen LogP contribution in [0.3, 0.4) is 0 Å². The average molecular weight is 254 g/mol. The van der Waals surface area contributed by atoms with Crippen LogP contribution in [0.5, 0.6) is 5.75 Å². The zero-order valence-corrected chi connectivity index (χ0v) is 11.6. The second kappa shape index (κ2) is 5.70. The molecule has 0 spiro atoms. The number of ketones is 1. The Kier molecular flexibility index (Phi) is 4.00. The van der Waals surface area contributed by atoms with Gasteiger partial charge >= 0.3 is 0 Å². The van der Waals surface area contributed by atoms with Gasteiger partial charge in [-0.3, -0.25) is 4.79 Å². The van der Waals surface area contributed by atoms with Gasteiger partial charge in [0.25, 0.3) is 0 Å². The topological polar surface area (TPSA) is 26.3 Å². The monoisotopic (exact) mass is 254 g/mol. The summed E-state index contributed by atoms with van der Waals surface area (Å²) in [5.41, 5.74) is 3.60. The van der Waals surface area contributed by atoms with Gasteiger partial charge in [-0.2, -0.15) is 0 Å². The number of hydrogen-bond acceptors (Lipinski definition) is 2. The van der Waals surface area contributed by atoms with Crippen LogP contribution >= 0.6 is 0 Å². The highest BCUT2D eigenvalue weighted by Crippen LogP contribution is 2.23. The molecule has 0 bridgehead atoms. The molecule has 98 valence electrons. The Bertz CT molecular complexity index is 583. The van der Waals surface area contributed by atoms with Gasteiger partial charge in [0.2, 0.25) is 0 Å².